The number of aromatic nitrogens is 4. The zero-order chi connectivity index (χ0) is 30.2. The first kappa shape index (κ1) is 28.8. The number of carbonyl (C=O) groups is 1. The number of benzene rings is 1. The Kier molecular flexibility index (Phi) is 7.90. The third kappa shape index (κ3) is 5.85. The molecule has 1 saturated heterocycles. The van der Waals surface area contributed by atoms with Gasteiger partial charge in [0.15, 0.2) is 11.4 Å². The van der Waals surface area contributed by atoms with E-state index in [1.54, 1.807) is 29.0 Å². The number of nitrogen functional groups attached to an aromatic ring is 1. The lowest BCUT2D eigenvalue weighted by Gasteiger charge is -2.36. The van der Waals surface area contributed by atoms with Crippen LogP contribution in [0, 0.1) is 5.82 Å². The Morgan fingerprint density at radius 1 is 1.19 bits per heavy atom. The summed E-state index contributed by atoms with van der Waals surface area (Å²) >= 11 is 1.12. The lowest BCUT2D eigenvalue weighted by Crippen LogP contribution is -2.47. The second kappa shape index (κ2) is 11.8. The molecule has 0 spiro atoms. The van der Waals surface area contributed by atoms with Gasteiger partial charge in [-0.15, -0.1) is 0 Å². The first-order valence-electron chi connectivity index (χ1n) is 14.1. The number of rotatable bonds is 9. The highest BCUT2D eigenvalue weighted by Crippen LogP contribution is 2.28. The van der Waals surface area contributed by atoms with Gasteiger partial charge in [-0.25, -0.2) is 4.39 Å². The fraction of sp³-hybridized carbons (Fsp3) is 0.379. The maximum atomic E-state index is 15.1. The van der Waals surface area contributed by atoms with E-state index in [9.17, 15) is 9.59 Å². The molecule has 1 atom stereocenters. The van der Waals surface area contributed by atoms with E-state index in [0.717, 1.165) is 11.3 Å². The zero-order valence-corrected chi connectivity index (χ0v) is 25.1. The summed E-state index contributed by atoms with van der Waals surface area (Å²) in [5, 5.41) is 7.41. The molecule has 0 unspecified atom stereocenters. The number of anilines is 2. The molecule has 3 N–H and O–H groups in total. The molecule has 0 aliphatic carbocycles. The molecule has 1 amide bonds. The van der Waals surface area contributed by atoms with Crippen molar-refractivity contribution in [3.05, 3.63) is 63.7 Å². The van der Waals surface area contributed by atoms with E-state index in [1.165, 1.54) is 10.6 Å². The molecular weight excluding hydrogens is 573 g/mol. The minimum atomic E-state index is -0.414. The molecule has 0 bridgehead atoms. The number of nitrogens with two attached hydrogens (primary N) is 1. The summed E-state index contributed by atoms with van der Waals surface area (Å²) in [6.07, 6.45) is 1.58. The molecule has 14 heteroatoms. The molecule has 43 heavy (non-hydrogen) atoms. The Morgan fingerprint density at radius 2 is 1.98 bits per heavy atom. The van der Waals surface area contributed by atoms with Gasteiger partial charge >= 0.3 is 4.87 Å². The number of carbonyl (C=O) groups excluding carboxylic acids is 1. The predicted molar refractivity (Wildman–Crippen MR) is 165 cm³/mol. The highest BCUT2D eigenvalue weighted by molar-refractivity contribution is 7.17. The largest absolute Gasteiger partial charge is 0.463 e. The van der Waals surface area contributed by atoms with Crippen LogP contribution in [0.15, 0.2) is 51.9 Å². The summed E-state index contributed by atoms with van der Waals surface area (Å²) in [4.78, 5) is 36.2. The van der Waals surface area contributed by atoms with E-state index in [1.807, 2.05) is 43.0 Å². The van der Waals surface area contributed by atoms with Crippen molar-refractivity contribution in [1.29, 1.82) is 0 Å². The fourth-order valence-corrected chi connectivity index (χ4v) is 6.51. The van der Waals surface area contributed by atoms with Gasteiger partial charge in [0.2, 0.25) is 5.95 Å². The monoisotopic (exact) mass is 607 g/mol. The number of nitrogens with zero attached hydrogens (tertiary/aromatic N) is 7. The van der Waals surface area contributed by atoms with Gasteiger partial charge in [0.1, 0.15) is 16.2 Å². The number of thiazole rings is 1. The van der Waals surface area contributed by atoms with Crippen LogP contribution in [0.2, 0.25) is 0 Å². The Morgan fingerprint density at radius 3 is 2.67 bits per heavy atom. The van der Waals surface area contributed by atoms with Gasteiger partial charge in [0, 0.05) is 57.4 Å². The van der Waals surface area contributed by atoms with Crippen LogP contribution >= 0.6 is 11.3 Å². The van der Waals surface area contributed by atoms with Gasteiger partial charge < -0.3 is 25.3 Å². The van der Waals surface area contributed by atoms with E-state index >= 15 is 4.39 Å². The van der Waals surface area contributed by atoms with Gasteiger partial charge in [-0.1, -0.05) is 11.3 Å². The number of nitrogens with one attached hydrogen (secondary N) is 1. The molecule has 0 saturated carbocycles. The predicted octanol–water partition coefficient (Wildman–Crippen LogP) is 2.59. The average molecular weight is 608 g/mol. The maximum absolute atomic E-state index is 15.1. The molecule has 12 nitrogen and oxygen atoms in total. The topological polar surface area (TPSA) is 130 Å². The number of hydrogen-bond acceptors (Lipinski definition) is 10. The molecule has 226 valence electrons. The van der Waals surface area contributed by atoms with Crippen molar-refractivity contribution >= 4 is 44.7 Å². The SMILES string of the molecule is C[C@H](CN(C)C)NC(=O)c1ccc(N2CCN(CCn3c(=O)sc4c3nc(N)n3nc(-c5ccco5)cc43)CC2)c(F)c1. The minimum Gasteiger partial charge on any atom is -0.463 e. The number of furan rings is 1. The Hall–Kier alpha value is -4.27. The van der Waals surface area contributed by atoms with E-state index in [2.05, 4.69) is 20.3 Å². The molecule has 1 aliphatic rings. The standard InChI is InChI=1S/C29H34FN9O3S/c1-18(17-35(2)3)32-27(40)19-6-7-22(20(30)15-19)37-11-8-36(9-12-37)10-13-38-26-25(43-29(38)41)23-16-21(24-5-4-14-42-24)34-39(23)28(31)33-26/h4-7,14-16,18H,8-13,17H2,1-3H3,(H2,31,33)(H,32,40)/t18-/m1/s1. The van der Waals surface area contributed by atoms with E-state index < -0.39 is 5.82 Å². The number of likely N-dealkylation sites (N-methyl/N-ethyl adjacent to an activating group) is 1. The van der Waals surface area contributed by atoms with Crippen LogP contribution in [-0.4, -0.2) is 94.3 Å². The highest BCUT2D eigenvalue weighted by atomic mass is 32.1. The van der Waals surface area contributed by atoms with Crippen molar-refractivity contribution in [1.82, 2.24) is 34.3 Å². The molecule has 1 fully saturated rings. The fourth-order valence-electron chi connectivity index (χ4n) is 5.55. The van der Waals surface area contributed by atoms with Crippen molar-refractivity contribution in [3.63, 3.8) is 0 Å². The number of halogens is 1. The van der Waals surface area contributed by atoms with Gasteiger partial charge in [0.05, 0.1) is 17.5 Å². The number of amides is 1. The lowest BCUT2D eigenvalue weighted by molar-refractivity contribution is 0.0934. The summed E-state index contributed by atoms with van der Waals surface area (Å²) in [5.41, 5.74) is 8.87. The van der Waals surface area contributed by atoms with E-state index in [4.69, 9.17) is 10.2 Å². The summed E-state index contributed by atoms with van der Waals surface area (Å²) in [6, 6.07) is 10.0. The van der Waals surface area contributed by atoms with Crippen molar-refractivity contribution < 1.29 is 13.6 Å². The minimum absolute atomic E-state index is 0.0541. The Labute approximate surface area is 251 Å². The van der Waals surface area contributed by atoms with Crippen LogP contribution < -0.4 is 20.8 Å². The van der Waals surface area contributed by atoms with Gasteiger partial charge in [-0.3, -0.25) is 19.1 Å². The van der Waals surface area contributed by atoms with E-state index in [-0.39, 0.29) is 22.8 Å². The molecular formula is C29H34FN9O3S. The zero-order valence-electron chi connectivity index (χ0n) is 24.3. The average Bonchev–Trinajstić information content (AvgIpc) is 3.71. The van der Waals surface area contributed by atoms with Crippen molar-refractivity contribution in [2.24, 2.45) is 0 Å². The summed E-state index contributed by atoms with van der Waals surface area (Å²) < 4.78 is 24.5. The van der Waals surface area contributed by atoms with Crippen LogP contribution in [-0.2, 0) is 6.54 Å². The number of hydrogen-bond donors (Lipinski definition) is 2. The van der Waals surface area contributed by atoms with Crippen LogP contribution in [0.25, 0.3) is 27.3 Å². The molecule has 4 aromatic heterocycles. The third-order valence-corrected chi connectivity index (χ3v) is 8.59. The highest BCUT2D eigenvalue weighted by Gasteiger charge is 2.23. The molecule has 1 aromatic carbocycles. The van der Waals surface area contributed by atoms with Crippen LogP contribution in [0.3, 0.4) is 0 Å². The normalized spacial score (nSPS) is 15.1. The Bertz CT molecular complexity index is 1820. The second-order valence-electron chi connectivity index (χ2n) is 11.1. The van der Waals surface area contributed by atoms with Crippen LogP contribution in [0.5, 0.6) is 0 Å². The molecule has 5 aromatic rings. The molecule has 0 radical (unpaired) electrons. The van der Waals surface area contributed by atoms with Crippen LogP contribution in [0.1, 0.15) is 17.3 Å². The van der Waals surface area contributed by atoms with Crippen LogP contribution in [0.4, 0.5) is 16.0 Å². The molecule has 6 rings (SSSR count). The third-order valence-electron chi connectivity index (χ3n) is 7.60. The quantitative estimate of drug-likeness (QED) is 0.260. The first-order valence-corrected chi connectivity index (χ1v) is 14.9. The number of fused-ring (bicyclic) bond motifs is 3. The van der Waals surface area contributed by atoms with Crippen molar-refractivity contribution in [2.75, 3.05) is 64.0 Å². The first-order chi connectivity index (χ1) is 20.7. The van der Waals surface area contributed by atoms with E-state index in [0.29, 0.717) is 84.4 Å². The van der Waals surface area contributed by atoms with Gasteiger partial charge in [-0.2, -0.15) is 14.6 Å². The second-order valence-corrected chi connectivity index (χ2v) is 12.0. The van der Waals surface area contributed by atoms with Gasteiger partial charge in [0.25, 0.3) is 5.91 Å². The molecule has 5 heterocycles. The summed E-state index contributed by atoms with van der Waals surface area (Å²) in [7, 11) is 3.87. The lowest BCUT2D eigenvalue weighted by atomic mass is 10.1. The molecule has 1 aliphatic heterocycles. The summed E-state index contributed by atoms with van der Waals surface area (Å²) in [6.45, 7) is 6.35. The smallest absolute Gasteiger partial charge is 0.309 e. The summed E-state index contributed by atoms with van der Waals surface area (Å²) in [5.74, 6) is 0.0921. The van der Waals surface area contributed by atoms with Crippen molar-refractivity contribution in [2.45, 2.75) is 19.5 Å². The number of piperazine rings is 1. The maximum Gasteiger partial charge on any atom is 0.309 e. The Balaban J connectivity index is 1.10. The van der Waals surface area contributed by atoms with Crippen molar-refractivity contribution in [3.8, 4) is 11.5 Å². The van der Waals surface area contributed by atoms with Gasteiger partial charge in [-0.05, 0) is 57.4 Å².